The number of aromatic nitrogens is 3. The van der Waals surface area contributed by atoms with Crippen molar-refractivity contribution in [3.8, 4) is 11.3 Å². The fourth-order valence-electron chi connectivity index (χ4n) is 2.31. The summed E-state index contributed by atoms with van der Waals surface area (Å²) in [4.78, 5) is 24.9. The van der Waals surface area contributed by atoms with Crippen molar-refractivity contribution < 1.29 is 9.31 Å². The first-order chi connectivity index (χ1) is 9.99. The largest absolute Gasteiger partial charge is 0.357 e. The van der Waals surface area contributed by atoms with Crippen molar-refractivity contribution in [3.63, 3.8) is 0 Å². The van der Waals surface area contributed by atoms with Gasteiger partial charge in [0.05, 0.1) is 22.2 Å². The molecule has 0 radical (unpaired) electrons. The minimum absolute atomic E-state index is 0.0229. The number of aryl methyl sites for hydroxylation is 1. The predicted molar refractivity (Wildman–Crippen MR) is 73.5 cm³/mol. The number of non-ortho nitro benzene ring substituents is 1. The molecule has 7 nitrogen and oxygen atoms in total. The summed E-state index contributed by atoms with van der Waals surface area (Å²) < 4.78 is 14.0. The first-order valence-electron chi connectivity index (χ1n) is 5.99. The second kappa shape index (κ2) is 4.51. The fourth-order valence-corrected chi connectivity index (χ4v) is 2.31. The van der Waals surface area contributed by atoms with Gasteiger partial charge < -0.3 is 4.98 Å². The van der Waals surface area contributed by atoms with Gasteiger partial charge in [0.15, 0.2) is 0 Å². The highest BCUT2D eigenvalue weighted by Gasteiger charge is 2.18. The Morgan fingerprint density at radius 3 is 2.86 bits per heavy atom. The number of nitrogens with one attached hydrogen (secondary N) is 2. The summed E-state index contributed by atoms with van der Waals surface area (Å²) in [6.07, 6.45) is 1.38. The Balaban J connectivity index is 2.36. The van der Waals surface area contributed by atoms with Crippen LogP contribution in [0.3, 0.4) is 0 Å². The van der Waals surface area contributed by atoms with Gasteiger partial charge in [0, 0.05) is 28.8 Å². The van der Waals surface area contributed by atoms with E-state index in [1.54, 1.807) is 6.92 Å². The van der Waals surface area contributed by atoms with Crippen LogP contribution >= 0.6 is 0 Å². The smallest absolute Gasteiger partial charge is 0.273 e. The lowest BCUT2D eigenvalue weighted by atomic mass is 10.1. The van der Waals surface area contributed by atoms with Gasteiger partial charge in [-0.2, -0.15) is 5.10 Å². The molecule has 2 N–H and O–H groups in total. The van der Waals surface area contributed by atoms with Crippen LogP contribution in [0.15, 0.2) is 29.2 Å². The van der Waals surface area contributed by atoms with Crippen molar-refractivity contribution in [1.29, 1.82) is 0 Å². The molecule has 2 aromatic heterocycles. The van der Waals surface area contributed by atoms with Crippen LogP contribution in [0.1, 0.15) is 5.69 Å². The maximum Gasteiger partial charge on any atom is 0.273 e. The van der Waals surface area contributed by atoms with Crippen molar-refractivity contribution in [1.82, 2.24) is 15.2 Å². The summed E-state index contributed by atoms with van der Waals surface area (Å²) in [6, 6.07) is 3.24. The zero-order valence-corrected chi connectivity index (χ0v) is 10.8. The van der Waals surface area contributed by atoms with Crippen LogP contribution in [0, 0.1) is 22.9 Å². The summed E-state index contributed by atoms with van der Waals surface area (Å²) in [6.45, 7) is 1.66. The predicted octanol–water partition coefficient (Wildman–Crippen LogP) is 2.27. The SMILES string of the molecule is Cc1[nH]c(-c2cc([N+](=O)[O-])ccc2F)c2cn[nH]c(=O)c12. The first-order valence-corrected chi connectivity index (χ1v) is 5.99. The lowest BCUT2D eigenvalue weighted by Crippen LogP contribution is -2.07. The zero-order valence-electron chi connectivity index (χ0n) is 10.8. The molecule has 0 atom stereocenters. The Hall–Kier alpha value is -3.03. The lowest BCUT2D eigenvalue weighted by molar-refractivity contribution is -0.384. The Labute approximate surface area is 116 Å². The fraction of sp³-hybridized carbons (Fsp3) is 0.0769. The number of H-pyrrole nitrogens is 2. The van der Waals surface area contributed by atoms with Crippen LogP contribution in [0.5, 0.6) is 0 Å². The van der Waals surface area contributed by atoms with E-state index in [1.807, 2.05) is 0 Å². The summed E-state index contributed by atoms with van der Waals surface area (Å²) in [5, 5.41) is 17.6. The highest BCUT2D eigenvalue weighted by atomic mass is 19.1. The number of hydrogen-bond donors (Lipinski definition) is 2. The molecule has 0 unspecified atom stereocenters. The molecule has 3 aromatic rings. The van der Waals surface area contributed by atoms with Gasteiger partial charge in [0.2, 0.25) is 0 Å². The number of nitro benzene ring substituents is 1. The van der Waals surface area contributed by atoms with Gasteiger partial charge in [-0.3, -0.25) is 14.9 Å². The van der Waals surface area contributed by atoms with Crippen LogP contribution in [-0.2, 0) is 0 Å². The average molecular weight is 288 g/mol. The second-order valence-corrected chi connectivity index (χ2v) is 4.53. The van der Waals surface area contributed by atoms with Crippen molar-refractivity contribution in [2.75, 3.05) is 0 Å². The summed E-state index contributed by atoms with van der Waals surface area (Å²) >= 11 is 0. The van der Waals surface area contributed by atoms with E-state index in [9.17, 15) is 19.3 Å². The molecule has 0 fully saturated rings. The van der Waals surface area contributed by atoms with Crippen LogP contribution in [-0.4, -0.2) is 20.1 Å². The first kappa shape index (κ1) is 13.0. The van der Waals surface area contributed by atoms with Gasteiger partial charge in [-0.15, -0.1) is 0 Å². The number of fused-ring (bicyclic) bond motifs is 1. The molecule has 0 aliphatic heterocycles. The standard InChI is InChI=1S/C13H9FN4O3/c1-6-11-9(5-15-17-13(11)19)12(16-6)8-4-7(18(20)21)2-3-10(8)14/h2-5,16H,1H3,(H,17,19). The molecule has 3 rings (SSSR count). The zero-order chi connectivity index (χ0) is 15.1. The highest BCUT2D eigenvalue weighted by molar-refractivity contribution is 5.96. The summed E-state index contributed by atoms with van der Waals surface area (Å²) in [5.74, 6) is -0.621. The third kappa shape index (κ3) is 1.97. The van der Waals surface area contributed by atoms with E-state index < -0.39 is 16.3 Å². The topological polar surface area (TPSA) is 105 Å². The number of halogens is 1. The Morgan fingerprint density at radius 1 is 1.38 bits per heavy atom. The van der Waals surface area contributed by atoms with Crippen LogP contribution in [0.25, 0.3) is 22.0 Å². The lowest BCUT2D eigenvalue weighted by Gasteiger charge is -2.02. The van der Waals surface area contributed by atoms with E-state index in [0.29, 0.717) is 22.2 Å². The van der Waals surface area contributed by atoms with E-state index in [1.165, 1.54) is 6.20 Å². The molecule has 0 bridgehead atoms. The molecular weight excluding hydrogens is 279 g/mol. The molecule has 21 heavy (non-hydrogen) atoms. The minimum atomic E-state index is -0.621. The maximum absolute atomic E-state index is 14.0. The quantitative estimate of drug-likeness (QED) is 0.557. The second-order valence-electron chi connectivity index (χ2n) is 4.53. The van der Waals surface area contributed by atoms with Gasteiger partial charge in [0.1, 0.15) is 5.82 Å². The van der Waals surface area contributed by atoms with E-state index in [-0.39, 0.29) is 11.3 Å². The Bertz CT molecular complexity index is 929. The summed E-state index contributed by atoms with van der Waals surface area (Å²) in [5.41, 5.74) is 0.217. The Morgan fingerprint density at radius 2 is 2.14 bits per heavy atom. The molecule has 0 amide bonds. The van der Waals surface area contributed by atoms with E-state index in [2.05, 4.69) is 15.2 Å². The maximum atomic E-state index is 14.0. The monoisotopic (exact) mass is 288 g/mol. The number of nitro groups is 1. The molecular formula is C13H9FN4O3. The van der Waals surface area contributed by atoms with Gasteiger partial charge in [0.25, 0.3) is 11.2 Å². The van der Waals surface area contributed by atoms with E-state index in [4.69, 9.17) is 0 Å². The van der Waals surface area contributed by atoms with Gasteiger partial charge >= 0.3 is 0 Å². The molecule has 8 heteroatoms. The van der Waals surface area contributed by atoms with Crippen molar-refractivity contribution >= 4 is 16.5 Å². The third-order valence-electron chi connectivity index (χ3n) is 3.24. The van der Waals surface area contributed by atoms with Gasteiger partial charge in [-0.1, -0.05) is 0 Å². The third-order valence-corrected chi connectivity index (χ3v) is 3.24. The highest BCUT2D eigenvalue weighted by Crippen LogP contribution is 2.32. The van der Waals surface area contributed by atoms with Crippen molar-refractivity contribution in [2.45, 2.75) is 6.92 Å². The van der Waals surface area contributed by atoms with Gasteiger partial charge in [-0.25, -0.2) is 9.49 Å². The van der Waals surface area contributed by atoms with E-state index in [0.717, 1.165) is 18.2 Å². The number of nitrogens with zero attached hydrogens (tertiary/aromatic N) is 2. The number of aromatic amines is 2. The van der Waals surface area contributed by atoms with Gasteiger partial charge in [-0.05, 0) is 13.0 Å². The van der Waals surface area contributed by atoms with Crippen LogP contribution in [0.2, 0.25) is 0 Å². The molecule has 106 valence electrons. The number of rotatable bonds is 2. The number of hydrogen-bond acceptors (Lipinski definition) is 4. The average Bonchev–Trinajstić information content (AvgIpc) is 2.77. The number of benzene rings is 1. The van der Waals surface area contributed by atoms with Crippen LogP contribution < -0.4 is 5.56 Å². The molecule has 0 aliphatic carbocycles. The normalized spacial score (nSPS) is 11.0. The molecule has 0 saturated carbocycles. The molecule has 0 aliphatic rings. The molecule has 1 aromatic carbocycles. The van der Waals surface area contributed by atoms with E-state index >= 15 is 0 Å². The molecule has 2 heterocycles. The van der Waals surface area contributed by atoms with Crippen molar-refractivity contribution in [3.05, 3.63) is 56.4 Å². The Kier molecular flexibility index (Phi) is 2.79. The molecule has 0 spiro atoms. The summed E-state index contributed by atoms with van der Waals surface area (Å²) in [7, 11) is 0. The van der Waals surface area contributed by atoms with Crippen molar-refractivity contribution in [2.24, 2.45) is 0 Å². The van der Waals surface area contributed by atoms with Crippen LogP contribution in [0.4, 0.5) is 10.1 Å². The molecule has 0 saturated heterocycles. The minimum Gasteiger partial charge on any atom is -0.357 e.